The molecule has 206 valence electrons. The fraction of sp³-hybridized carbons (Fsp3) is 0.655. The SMILES string of the molecule is O=C1CCC(N2C(=O)c3cccc(NCCCN4CCN(CCCC5CCCCC5)CC4)c3C2=O)C(=O)N1. The summed E-state index contributed by atoms with van der Waals surface area (Å²) in [5.41, 5.74) is 1.26. The predicted molar refractivity (Wildman–Crippen MR) is 145 cm³/mol. The van der Waals surface area contributed by atoms with Gasteiger partial charge >= 0.3 is 0 Å². The first-order valence-corrected chi connectivity index (χ1v) is 14.5. The fourth-order valence-electron chi connectivity index (χ4n) is 6.50. The van der Waals surface area contributed by atoms with Crippen LogP contribution in [0.2, 0.25) is 0 Å². The number of amides is 4. The zero-order valence-corrected chi connectivity index (χ0v) is 22.4. The van der Waals surface area contributed by atoms with Crippen LogP contribution in [0.3, 0.4) is 0 Å². The van der Waals surface area contributed by atoms with Crippen molar-refractivity contribution in [1.82, 2.24) is 20.0 Å². The third kappa shape index (κ3) is 6.10. The Morgan fingerprint density at radius 2 is 1.55 bits per heavy atom. The van der Waals surface area contributed by atoms with Crippen LogP contribution in [0.25, 0.3) is 0 Å². The minimum atomic E-state index is -0.945. The van der Waals surface area contributed by atoms with Crippen LogP contribution < -0.4 is 10.6 Å². The van der Waals surface area contributed by atoms with Gasteiger partial charge in [0, 0.05) is 44.8 Å². The van der Waals surface area contributed by atoms with Crippen LogP contribution in [-0.2, 0) is 9.59 Å². The quantitative estimate of drug-likeness (QED) is 0.359. The van der Waals surface area contributed by atoms with Gasteiger partial charge in [-0.2, -0.15) is 0 Å². The van der Waals surface area contributed by atoms with Crippen molar-refractivity contribution >= 4 is 29.3 Å². The van der Waals surface area contributed by atoms with Crippen molar-refractivity contribution in [2.24, 2.45) is 5.92 Å². The number of anilines is 1. The number of nitrogens with one attached hydrogen (secondary N) is 2. The van der Waals surface area contributed by atoms with E-state index in [9.17, 15) is 19.2 Å². The third-order valence-corrected chi connectivity index (χ3v) is 8.71. The maximum Gasteiger partial charge on any atom is 0.264 e. The lowest BCUT2D eigenvalue weighted by atomic mass is 9.86. The van der Waals surface area contributed by atoms with Crippen molar-refractivity contribution in [3.05, 3.63) is 29.3 Å². The van der Waals surface area contributed by atoms with Gasteiger partial charge in [0.05, 0.1) is 11.1 Å². The number of fused-ring (bicyclic) bond motifs is 1. The molecule has 0 radical (unpaired) electrons. The van der Waals surface area contributed by atoms with Gasteiger partial charge < -0.3 is 15.1 Å². The normalized spacial score (nSPS) is 23.6. The molecule has 1 aliphatic carbocycles. The molecule has 0 aromatic heterocycles. The number of nitrogens with zero attached hydrogens (tertiary/aromatic N) is 3. The van der Waals surface area contributed by atoms with Crippen molar-refractivity contribution in [1.29, 1.82) is 0 Å². The Bertz CT molecular complexity index is 1050. The van der Waals surface area contributed by atoms with Gasteiger partial charge in [0.25, 0.3) is 11.8 Å². The summed E-state index contributed by atoms with van der Waals surface area (Å²) in [4.78, 5) is 56.2. The number of hydrogen-bond donors (Lipinski definition) is 2. The Balaban J connectivity index is 1.05. The molecule has 9 nitrogen and oxygen atoms in total. The van der Waals surface area contributed by atoms with Gasteiger partial charge in [-0.05, 0) is 56.8 Å². The van der Waals surface area contributed by atoms with Crippen LogP contribution in [0, 0.1) is 5.92 Å². The van der Waals surface area contributed by atoms with E-state index in [0.29, 0.717) is 23.4 Å². The molecule has 5 rings (SSSR count). The van der Waals surface area contributed by atoms with Crippen molar-refractivity contribution in [2.45, 2.75) is 70.3 Å². The van der Waals surface area contributed by atoms with Crippen LogP contribution in [0.15, 0.2) is 18.2 Å². The number of rotatable bonds is 10. The Morgan fingerprint density at radius 3 is 2.26 bits per heavy atom. The average Bonchev–Trinajstić information content (AvgIpc) is 3.18. The van der Waals surface area contributed by atoms with E-state index in [1.165, 1.54) is 51.5 Å². The topological polar surface area (TPSA) is 102 Å². The Kier molecular flexibility index (Phi) is 8.74. The minimum absolute atomic E-state index is 0.115. The van der Waals surface area contributed by atoms with Gasteiger partial charge in [-0.25, -0.2) is 0 Å². The average molecular weight is 524 g/mol. The number of imide groups is 2. The molecule has 9 heteroatoms. The van der Waals surface area contributed by atoms with Gasteiger partial charge in [-0.3, -0.25) is 29.4 Å². The van der Waals surface area contributed by atoms with Crippen LogP contribution in [0.1, 0.15) is 84.9 Å². The molecule has 2 saturated heterocycles. The molecule has 1 atom stereocenters. The van der Waals surface area contributed by atoms with E-state index in [2.05, 4.69) is 20.4 Å². The van der Waals surface area contributed by atoms with Crippen molar-refractivity contribution in [3.8, 4) is 0 Å². The first kappa shape index (κ1) is 26.8. The zero-order valence-electron chi connectivity index (χ0n) is 22.4. The molecular formula is C29H41N5O4. The number of benzene rings is 1. The highest BCUT2D eigenvalue weighted by Gasteiger charge is 2.45. The van der Waals surface area contributed by atoms with Gasteiger partial charge in [-0.15, -0.1) is 0 Å². The molecule has 1 aromatic carbocycles. The fourth-order valence-corrected chi connectivity index (χ4v) is 6.50. The second-order valence-electron chi connectivity index (χ2n) is 11.3. The summed E-state index contributed by atoms with van der Waals surface area (Å²) >= 11 is 0. The van der Waals surface area contributed by atoms with E-state index in [1.54, 1.807) is 12.1 Å². The molecule has 4 aliphatic rings. The molecule has 38 heavy (non-hydrogen) atoms. The van der Waals surface area contributed by atoms with Gasteiger partial charge in [0.1, 0.15) is 6.04 Å². The smallest absolute Gasteiger partial charge is 0.264 e. The lowest BCUT2D eigenvalue weighted by Crippen LogP contribution is -2.54. The first-order chi connectivity index (χ1) is 18.5. The zero-order chi connectivity index (χ0) is 26.5. The lowest BCUT2D eigenvalue weighted by Gasteiger charge is -2.35. The summed E-state index contributed by atoms with van der Waals surface area (Å²) in [6.07, 6.45) is 11.1. The highest BCUT2D eigenvalue weighted by Crippen LogP contribution is 2.32. The predicted octanol–water partition coefficient (Wildman–Crippen LogP) is 2.87. The monoisotopic (exact) mass is 523 g/mol. The van der Waals surface area contributed by atoms with Gasteiger partial charge in [0.2, 0.25) is 11.8 Å². The first-order valence-electron chi connectivity index (χ1n) is 14.5. The van der Waals surface area contributed by atoms with Crippen LogP contribution in [-0.4, -0.2) is 90.2 Å². The Morgan fingerprint density at radius 1 is 0.842 bits per heavy atom. The van der Waals surface area contributed by atoms with E-state index in [-0.39, 0.29) is 18.7 Å². The summed E-state index contributed by atoms with van der Waals surface area (Å²) in [7, 11) is 0. The highest BCUT2D eigenvalue weighted by molar-refractivity contribution is 6.25. The van der Waals surface area contributed by atoms with Gasteiger partial charge in [-0.1, -0.05) is 38.2 Å². The molecular weight excluding hydrogens is 482 g/mol. The summed E-state index contributed by atoms with van der Waals surface area (Å²) in [6.45, 7) is 7.38. The highest BCUT2D eigenvalue weighted by atomic mass is 16.2. The lowest BCUT2D eigenvalue weighted by molar-refractivity contribution is -0.136. The summed E-state index contributed by atoms with van der Waals surface area (Å²) < 4.78 is 0. The maximum absolute atomic E-state index is 13.2. The molecule has 4 amide bonds. The van der Waals surface area contributed by atoms with E-state index < -0.39 is 23.8 Å². The van der Waals surface area contributed by atoms with Crippen LogP contribution in [0.4, 0.5) is 5.69 Å². The minimum Gasteiger partial charge on any atom is -0.384 e. The summed E-state index contributed by atoms with van der Waals surface area (Å²) in [6, 6.07) is 4.25. The standard InChI is InChI=1S/C29H41N5O4/c35-25-13-12-24(27(36)31-25)34-28(37)22-10-4-11-23(26(22)29(34)38)30-14-6-16-33-19-17-32(18-20-33)15-5-9-21-7-2-1-3-8-21/h4,10-11,21,24,30H,1-3,5-9,12-20H2,(H,31,35,36). The molecule has 0 spiro atoms. The van der Waals surface area contributed by atoms with E-state index in [4.69, 9.17) is 0 Å². The molecule has 0 bridgehead atoms. The number of piperidine rings is 1. The van der Waals surface area contributed by atoms with Crippen molar-refractivity contribution in [2.75, 3.05) is 51.1 Å². The van der Waals surface area contributed by atoms with E-state index >= 15 is 0 Å². The molecule has 1 unspecified atom stereocenters. The van der Waals surface area contributed by atoms with Crippen molar-refractivity contribution in [3.63, 3.8) is 0 Å². The Hall–Kier alpha value is -2.78. The summed E-state index contributed by atoms with van der Waals surface area (Å²) in [5, 5.41) is 5.59. The molecule has 2 N–H and O–H groups in total. The molecule has 3 heterocycles. The van der Waals surface area contributed by atoms with Gasteiger partial charge in [0.15, 0.2) is 0 Å². The largest absolute Gasteiger partial charge is 0.384 e. The number of hydrogen-bond acceptors (Lipinski definition) is 7. The molecule has 3 aliphatic heterocycles. The second-order valence-corrected chi connectivity index (χ2v) is 11.3. The second kappa shape index (κ2) is 12.4. The molecule has 1 saturated carbocycles. The number of carbonyl (C=O) groups is 4. The summed E-state index contributed by atoms with van der Waals surface area (Å²) in [5.74, 6) is -0.935. The van der Waals surface area contributed by atoms with Crippen LogP contribution >= 0.6 is 0 Å². The number of carbonyl (C=O) groups excluding carboxylic acids is 4. The number of piperazine rings is 1. The molecule has 1 aromatic rings. The third-order valence-electron chi connectivity index (χ3n) is 8.71. The van der Waals surface area contributed by atoms with Crippen LogP contribution in [0.5, 0.6) is 0 Å². The van der Waals surface area contributed by atoms with E-state index in [1.807, 2.05) is 6.07 Å². The maximum atomic E-state index is 13.2. The van der Waals surface area contributed by atoms with Crippen molar-refractivity contribution < 1.29 is 19.2 Å². The Labute approximate surface area is 225 Å². The van der Waals surface area contributed by atoms with E-state index in [0.717, 1.165) is 50.0 Å². The molecule has 3 fully saturated rings.